The van der Waals surface area contributed by atoms with Crippen LogP contribution in [0.4, 0.5) is 42.9 Å². The minimum atomic E-state index is -4.80. The lowest BCUT2D eigenvalue weighted by Crippen LogP contribution is -2.35. The van der Waals surface area contributed by atoms with E-state index in [9.17, 15) is 36.2 Å². The van der Waals surface area contributed by atoms with Crippen LogP contribution in [0.15, 0.2) is 36.4 Å². The summed E-state index contributed by atoms with van der Waals surface area (Å²) in [5, 5.41) is 27.7. The molecule has 0 fully saturated rings. The summed E-state index contributed by atoms with van der Waals surface area (Å²) in [4.78, 5) is 14.5. The van der Waals surface area contributed by atoms with Gasteiger partial charge < -0.3 is 15.5 Å². The monoisotopic (exact) mass is 477 g/mol. The van der Waals surface area contributed by atoms with Crippen LogP contribution in [0, 0.1) is 0 Å². The summed E-state index contributed by atoms with van der Waals surface area (Å²) < 4.78 is 79.8. The maximum atomic E-state index is 13.4. The lowest BCUT2D eigenvalue weighted by atomic mass is 9.91. The number of nitrogens with zero attached hydrogens (tertiary/aromatic N) is 3. The molecule has 14 heteroatoms. The fourth-order valence-electron chi connectivity index (χ4n) is 3.08. The molecule has 2 heterocycles. The van der Waals surface area contributed by atoms with Gasteiger partial charge in [0.05, 0.1) is 22.8 Å². The standard InChI is InChI=1S/C19H17F6N5O3/c1-17(2,33)14(9-3-5-10(6-4-9)18(20,21)22)26-12-7-11(19(23,24)25)8-13-27-15(28-16(31)32)29-30(12)13/h3-8,14,26,33H,1-2H3,(H,28,29)(H,31,32). The summed E-state index contributed by atoms with van der Waals surface area (Å²) >= 11 is 0. The molecule has 8 nitrogen and oxygen atoms in total. The van der Waals surface area contributed by atoms with E-state index in [2.05, 4.69) is 15.4 Å². The average molecular weight is 477 g/mol. The van der Waals surface area contributed by atoms with Gasteiger partial charge in [0, 0.05) is 0 Å². The number of hydrogen-bond donors (Lipinski definition) is 4. The van der Waals surface area contributed by atoms with E-state index in [1.165, 1.54) is 13.8 Å². The third-order valence-electron chi connectivity index (χ3n) is 4.55. The third-order valence-corrected chi connectivity index (χ3v) is 4.55. The molecule has 0 aliphatic carbocycles. The largest absolute Gasteiger partial charge is 0.465 e. The molecule has 1 atom stereocenters. The number of aliphatic hydroxyl groups is 1. The van der Waals surface area contributed by atoms with Gasteiger partial charge in [0.1, 0.15) is 5.82 Å². The number of halogens is 6. The van der Waals surface area contributed by atoms with Crippen LogP contribution < -0.4 is 10.6 Å². The molecule has 33 heavy (non-hydrogen) atoms. The van der Waals surface area contributed by atoms with Crippen LogP contribution in [-0.2, 0) is 12.4 Å². The number of anilines is 2. The van der Waals surface area contributed by atoms with Gasteiger partial charge >= 0.3 is 18.4 Å². The summed E-state index contributed by atoms with van der Waals surface area (Å²) in [5.41, 5.74) is -3.97. The number of fused-ring (bicyclic) bond motifs is 1. The Kier molecular flexibility index (Phi) is 5.91. The van der Waals surface area contributed by atoms with Crippen LogP contribution in [0.5, 0.6) is 0 Å². The van der Waals surface area contributed by atoms with E-state index in [-0.39, 0.29) is 17.0 Å². The highest BCUT2D eigenvalue weighted by Crippen LogP contribution is 2.36. The lowest BCUT2D eigenvalue weighted by Gasteiger charge is -2.32. The molecule has 3 aromatic rings. The van der Waals surface area contributed by atoms with Gasteiger partial charge in [-0.1, -0.05) is 12.1 Å². The number of aromatic nitrogens is 3. The maximum Gasteiger partial charge on any atom is 0.416 e. The van der Waals surface area contributed by atoms with Crippen LogP contribution in [0.3, 0.4) is 0 Å². The zero-order valence-corrected chi connectivity index (χ0v) is 17.0. The number of nitrogens with one attached hydrogen (secondary N) is 2. The molecule has 0 spiro atoms. The summed E-state index contributed by atoms with van der Waals surface area (Å²) in [7, 11) is 0. The first-order valence-corrected chi connectivity index (χ1v) is 9.20. The summed E-state index contributed by atoms with van der Waals surface area (Å²) in [6.07, 6.45) is -10.9. The zero-order chi connectivity index (χ0) is 24.8. The number of pyridine rings is 1. The molecule has 178 valence electrons. The fraction of sp³-hybridized carbons (Fsp3) is 0.316. The average Bonchev–Trinajstić information content (AvgIpc) is 3.05. The molecule has 1 aromatic carbocycles. The normalized spacial score (nSPS) is 13.7. The van der Waals surface area contributed by atoms with Crippen LogP contribution in [0.2, 0.25) is 0 Å². The molecular weight excluding hydrogens is 460 g/mol. The van der Waals surface area contributed by atoms with Crippen molar-refractivity contribution in [2.75, 3.05) is 10.6 Å². The maximum absolute atomic E-state index is 13.4. The number of alkyl halides is 6. The van der Waals surface area contributed by atoms with Gasteiger partial charge in [-0.25, -0.2) is 4.79 Å². The smallest absolute Gasteiger partial charge is 0.416 e. The number of carbonyl (C=O) groups is 1. The first-order valence-electron chi connectivity index (χ1n) is 9.20. The highest BCUT2D eigenvalue weighted by Gasteiger charge is 2.35. The minimum absolute atomic E-state index is 0.144. The number of rotatable bonds is 5. The second kappa shape index (κ2) is 8.10. The van der Waals surface area contributed by atoms with Gasteiger partial charge in [0.2, 0.25) is 0 Å². The second-order valence-corrected chi connectivity index (χ2v) is 7.61. The van der Waals surface area contributed by atoms with Gasteiger partial charge in [-0.15, -0.1) is 5.10 Å². The number of carboxylic acid groups (broad SMARTS) is 1. The number of benzene rings is 1. The molecule has 4 N–H and O–H groups in total. The molecule has 0 aliphatic rings. The summed E-state index contributed by atoms with van der Waals surface area (Å²) in [6.45, 7) is 2.62. The van der Waals surface area contributed by atoms with Gasteiger partial charge in [0.25, 0.3) is 5.95 Å². The molecule has 1 amide bonds. The minimum Gasteiger partial charge on any atom is -0.465 e. The van der Waals surface area contributed by atoms with Crippen molar-refractivity contribution in [3.8, 4) is 0 Å². The second-order valence-electron chi connectivity index (χ2n) is 7.61. The summed E-state index contributed by atoms with van der Waals surface area (Å²) in [6, 6.07) is 3.84. The van der Waals surface area contributed by atoms with Gasteiger partial charge in [-0.3, -0.25) is 5.32 Å². The molecule has 2 aromatic heterocycles. The number of amides is 1. The predicted octanol–water partition coefficient (Wildman–Crippen LogP) is 4.78. The van der Waals surface area contributed by atoms with Crippen molar-refractivity contribution in [1.82, 2.24) is 14.6 Å². The first-order chi connectivity index (χ1) is 15.1. The summed E-state index contributed by atoms with van der Waals surface area (Å²) in [5.74, 6) is -0.836. The predicted molar refractivity (Wildman–Crippen MR) is 104 cm³/mol. The van der Waals surface area contributed by atoms with Crippen molar-refractivity contribution in [3.63, 3.8) is 0 Å². The van der Waals surface area contributed by atoms with E-state index in [1.807, 2.05) is 5.32 Å². The van der Waals surface area contributed by atoms with Gasteiger partial charge in [0.15, 0.2) is 5.65 Å². The Morgan fingerprint density at radius 3 is 2.06 bits per heavy atom. The zero-order valence-electron chi connectivity index (χ0n) is 17.0. The fourth-order valence-corrected chi connectivity index (χ4v) is 3.08. The van der Waals surface area contributed by atoms with Crippen LogP contribution in [0.25, 0.3) is 5.65 Å². The quantitative estimate of drug-likeness (QED) is 0.394. The first kappa shape index (κ1) is 24.1. The van der Waals surface area contributed by atoms with E-state index in [0.717, 1.165) is 28.8 Å². The Hall–Kier alpha value is -3.55. The van der Waals surface area contributed by atoms with Crippen molar-refractivity contribution in [2.24, 2.45) is 0 Å². The van der Waals surface area contributed by atoms with Crippen molar-refractivity contribution < 1.29 is 41.4 Å². The highest BCUT2D eigenvalue weighted by atomic mass is 19.4. The lowest BCUT2D eigenvalue weighted by molar-refractivity contribution is -0.138. The van der Waals surface area contributed by atoms with E-state index in [1.54, 1.807) is 0 Å². The van der Waals surface area contributed by atoms with Crippen molar-refractivity contribution in [2.45, 2.75) is 37.8 Å². The van der Waals surface area contributed by atoms with Crippen molar-refractivity contribution >= 4 is 23.5 Å². The van der Waals surface area contributed by atoms with E-state index < -0.39 is 47.2 Å². The molecule has 0 aliphatic heterocycles. The van der Waals surface area contributed by atoms with Gasteiger partial charge in [-0.2, -0.15) is 35.8 Å². The molecule has 3 rings (SSSR count). The van der Waals surface area contributed by atoms with Crippen molar-refractivity contribution in [3.05, 3.63) is 53.1 Å². The molecular formula is C19H17F6N5O3. The Morgan fingerprint density at radius 2 is 1.58 bits per heavy atom. The van der Waals surface area contributed by atoms with Crippen LogP contribution in [0.1, 0.15) is 36.6 Å². The molecule has 0 saturated carbocycles. The molecule has 1 unspecified atom stereocenters. The molecule has 0 saturated heterocycles. The SMILES string of the molecule is CC(C)(O)C(Nc1cc(C(F)(F)F)cc2nc(NC(=O)O)nn12)c1ccc(C(F)(F)F)cc1. The van der Waals surface area contributed by atoms with Crippen molar-refractivity contribution in [1.29, 1.82) is 0 Å². The Bertz CT molecular complexity index is 1170. The van der Waals surface area contributed by atoms with Crippen LogP contribution >= 0.6 is 0 Å². The van der Waals surface area contributed by atoms with Crippen LogP contribution in [-0.4, -0.2) is 36.5 Å². The highest BCUT2D eigenvalue weighted by molar-refractivity contribution is 5.80. The Labute approximate surface area is 181 Å². The molecule has 0 radical (unpaired) electrons. The van der Waals surface area contributed by atoms with E-state index >= 15 is 0 Å². The molecule has 0 bridgehead atoms. The number of hydrogen-bond acceptors (Lipinski definition) is 5. The van der Waals surface area contributed by atoms with E-state index in [4.69, 9.17) is 5.11 Å². The third kappa shape index (κ3) is 5.45. The van der Waals surface area contributed by atoms with E-state index in [0.29, 0.717) is 12.1 Å². The van der Waals surface area contributed by atoms with Gasteiger partial charge in [-0.05, 0) is 43.7 Å². The topological polar surface area (TPSA) is 112 Å². The Morgan fingerprint density at radius 1 is 1.00 bits per heavy atom. The Balaban J connectivity index is 2.11.